The summed E-state index contributed by atoms with van der Waals surface area (Å²) in [5.74, 6) is -0.415. The van der Waals surface area contributed by atoms with Gasteiger partial charge in [0.05, 0.1) is 12.0 Å². The van der Waals surface area contributed by atoms with Crippen LogP contribution in [0.4, 0.5) is 4.39 Å². The molecule has 0 aliphatic carbocycles. The van der Waals surface area contributed by atoms with Crippen LogP contribution in [-0.4, -0.2) is 23.9 Å². The molecule has 0 N–H and O–H groups in total. The van der Waals surface area contributed by atoms with Crippen molar-refractivity contribution in [2.45, 2.75) is 19.3 Å². The fourth-order valence-electron chi connectivity index (χ4n) is 2.22. The molecule has 1 unspecified atom stereocenters. The molecular weight excluding hydrogens is 311 g/mol. The van der Waals surface area contributed by atoms with Crippen LogP contribution in [0.25, 0.3) is 0 Å². The fourth-order valence-corrected chi connectivity index (χ4v) is 2.62. The third-order valence-electron chi connectivity index (χ3n) is 3.36. The quantitative estimate of drug-likeness (QED) is 0.858. The number of piperidine rings is 1. The van der Waals surface area contributed by atoms with Crippen molar-refractivity contribution in [3.63, 3.8) is 0 Å². The largest absolute Gasteiger partial charge is 0.342 e. The molecule has 0 aromatic heterocycles. The summed E-state index contributed by atoms with van der Waals surface area (Å²) in [5.41, 5.74) is 0.601. The first-order valence-electron chi connectivity index (χ1n) is 6.21. The van der Waals surface area contributed by atoms with Crippen molar-refractivity contribution in [1.29, 1.82) is 5.26 Å². The Balaban J connectivity index is 1.94. The van der Waals surface area contributed by atoms with Gasteiger partial charge in [-0.15, -0.1) is 0 Å². The Labute approximate surface area is 120 Å². The number of hydrogen-bond acceptors (Lipinski definition) is 2. The molecule has 1 fully saturated rings. The van der Waals surface area contributed by atoms with Crippen LogP contribution >= 0.6 is 15.9 Å². The molecule has 1 saturated heterocycles. The molecule has 1 atom stereocenters. The van der Waals surface area contributed by atoms with E-state index in [9.17, 15) is 9.18 Å². The minimum Gasteiger partial charge on any atom is -0.342 e. The maximum absolute atomic E-state index is 13.6. The number of halogens is 2. The number of hydrogen-bond donors (Lipinski definition) is 0. The molecule has 5 heteroatoms. The number of likely N-dealkylation sites (tertiary alicyclic amines) is 1. The molecule has 1 aliphatic heterocycles. The molecule has 3 nitrogen and oxygen atoms in total. The van der Waals surface area contributed by atoms with Gasteiger partial charge in [0.25, 0.3) is 0 Å². The molecule has 0 bridgehead atoms. The van der Waals surface area contributed by atoms with Crippen molar-refractivity contribution in [3.05, 3.63) is 34.1 Å². The maximum Gasteiger partial charge on any atom is 0.223 e. The summed E-state index contributed by atoms with van der Waals surface area (Å²) in [4.78, 5) is 13.5. The number of carbonyl (C=O) groups excluding carboxylic acids is 1. The molecule has 1 heterocycles. The molecule has 0 radical (unpaired) electrons. The van der Waals surface area contributed by atoms with Crippen molar-refractivity contribution in [2.75, 3.05) is 13.1 Å². The highest BCUT2D eigenvalue weighted by molar-refractivity contribution is 9.10. The summed E-state index contributed by atoms with van der Waals surface area (Å²) in [7, 11) is 0. The molecule has 1 aliphatic rings. The lowest BCUT2D eigenvalue weighted by molar-refractivity contribution is -0.134. The smallest absolute Gasteiger partial charge is 0.223 e. The first-order chi connectivity index (χ1) is 9.10. The standard InChI is InChI=1S/C14H14BrFN2O/c15-12-1-2-13(16)11(8-12)4-6-18-5-3-10(9-17)7-14(18)19/h1-2,8,10H,3-7H2. The van der Waals surface area contributed by atoms with E-state index in [1.165, 1.54) is 6.07 Å². The topological polar surface area (TPSA) is 44.1 Å². The lowest BCUT2D eigenvalue weighted by Gasteiger charge is -2.29. The van der Waals surface area contributed by atoms with Gasteiger partial charge in [0.15, 0.2) is 0 Å². The van der Waals surface area contributed by atoms with Gasteiger partial charge in [0, 0.05) is 24.0 Å². The number of rotatable bonds is 3. The van der Waals surface area contributed by atoms with Gasteiger partial charge in [-0.1, -0.05) is 15.9 Å². The maximum atomic E-state index is 13.6. The monoisotopic (exact) mass is 324 g/mol. The molecule has 2 rings (SSSR count). The van der Waals surface area contributed by atoms with Crippen LogP contribution in [0.15, 0.2) is 22.7 Å². The molecule has 100 valence electrons. The van der Waals surface area contributed by atoms with Gasteiger partial charge in [-0.05, 0) is 36.6 Å². The second-order valence-corrected chi connectivity index (χ2v) is 5.60. The molecule has 19 heavy (non-hydrogen) atoms. The third-order valence-corrected chi connectivity index (χ3v) is 3.86. The first-order valence-corrected chi connectivity index (χ1v) is 7.01. The van der Waals surface area contributed by atoms with Crippen molar-refractivity contribution >= 4 is 21.8 Å². The lowest BCUT2D eigenvalue weighted by atomic mass is 9.97. The van der Waals surface area contributed by atoms with Crippen LogP contribution in [0.5, 0.6) is 0 Å². The molecular formula is C14H14BrFN2O. The highest BCUT2D eigenvalue weighted by atomic mass is 79.9. The van der Waals surface area contributed by atoms with Gasteiger partial charge in [0.2, 0.25) is 5.91 Å². The van der Waals surface area contributed by atoms with Crippen molar-refractivity contribution < 1.29 is 9.18 Å². The summed E-state index contributed by atoms with van der Waals surface area (Å²) in [6.07, 6.45) is 1.49. The zero-order valence-electron chi connectivity index (χ0n) is 10.4. The van der Waals surface area contributed by atoms with Gasteiger partial charge < -0.3 is 4.90 Å². The highest BCUT2D eigenvalue weighted by Crippen LogP contribution is 2.20. The van der Waals surface area contributed by atoms with E-state index < -0.39 is 0 Å². The van der Waals surface area contributed by atoms with Crippen LogP contribution in [0.2, 0.25) is 0 Å². The predicted molar refractivity (Wildman–Crippen MR) is 72.7 cm³/mol. The highest BCUT2D eigenvalue weighted by Gasteiger charge is 2.25. The van der Waals surface area contributed by atoms with E-state index in [-0.39, 0.29) is 24.1 Å². The summed E-state index contributed by atoms with van der Waals surface area (Å²) >= 11 is 3.31. The molecule has 1 aromatic rings. The Kier molecular flexibility index (Phi) is 4.54. The minimum atomic E-state index is -0.248. The van der Waals surface area contributed by atoms with E-state index in [0.717, 1.165) is 4.47 Å². The summed E-state index contributed by atoms with van der Waals surface area (Å²) in [5, 5.41) is 8.79. The third kappa shape index (κ3) is 3.54. The Morgan fingerprint density at radius 2 is 2.32 bits per heavy atom. The second-order valence-electron chi connectivity index (χ2n) is 4.69. The Hall–Kier alpha value is -1.41. The van der Waals surface area contributed by atoms with Crippen LogP contribution in [0.3, 0.4) is 0 Å². The summed E-state index contributed by atoms with van der Waals surface area (Å²) in [6.45, 7) is 1.09. The van der Waals surface area contributed by atoms with Crippen molar-refractivity contribution in [1.82, 2.24) is 4.90 Å². The summed E-state index contributed by atoms with van der Waals surface area (Å²) in [6, 6.07) is 6.94. The predicted octanol–water partition coefficient (Wildman–Crippen LogP) is 2.89. The van der Waals surface area contributed by atoms with Gasteiger partial charge in [-0.25, -0.2) is 4.39 Å². The van der Waals surface area contributed by atoms with Gasteiger partial charge >= 0.3 is 0 Å². The minimum absolute atomic E-state index is 0.00629. The van der Waals surface area contributed by atoms with E-state index in [1.54, 1.807) is 17.0 Å². The average Bonchev–Trinajstić information content (AvgIpc) is 2.40. The van der Waals surface area contributed by atoms with E-state index in [2.05, 4.69) is 22.0 Å². The lowest BCUT2D eigenvalue weighted by Crippen LogP contribution is -2.39. The Bertz CT molecular complexity index is 527. The molecule has 0 saturated carbocycles. The second kappa shape index (κ2) is 6.16. The SMILES string of the molecule is N#CC1CCN(CCc2cc(Br)ccc2F)C(=O)C1. The van der Waals surface area contributed by atoms with Gasteiger partial charge in [0.1, 0.15) is 5.82 Å². The zero-order valence-corrected chi connectivity index (χ0v) is 12.0. The average molecular weight is 325 g/mol. The van der Waals surface area contributed by atoms with E-state index in [0.29, 0.717) is 31.5 Å². The van der Waals surface area contributed by atoms with Crippen LogP contribution in [0, 0.1) is 23.1 Å². The fraction of sp³-hybridized carbons (Fsp3) is 0.429. The number of amides is 1. The number of carbonyl (C=O) groups is 1. The first kappa shape index (κ1) is 14.0. The molecule has 0 spiro atoms. The number of nitriles is 1. The number of nitrogens with zero attached hydrogens (tertiary/aromatic N) is 2. The summed E-state index contributed by atoms with van der Waals surface area (Å²) < 4.78 is 14.4. The van der Waals surface area contributed by atoms with Gasteiger partial charge in [-0.3, -0.25) is 4.79 Å². The van der Waals surface area contributed by atoms with Crippen LogP contribution in [-0.2, 0) is 11.2 Å². The molecule has 1 amide bonds. The van der Waals surface area contributed by atoms with E-state index in [1.807, 2.05) is 0 Å². The van der Waals surface area contributed by atoms with Crippen LogP contribution in [0.1, 0.15) is 18.4 Å². The normalized spacial score (nSPS) is 19.3. The van der Waals surface area contributed by atoms with Crippen molar-refractivity contribution in [2.24, 2.45) is 5.92 Å². The van der Waals surface area contributed by atoms with Crippen LogP contribution < -0.4 is 0 Å². The van der Waals surface area contributed by atoms with E-state index in [4.69, 9.17) is 5.26 Å². The Morgan fingerprint density at radius 3 is 3.00 bits per heavy atom. The van der Waals surface area contributed by atoms with Gasteiger partial charge in [-0.2, -0.15) is 5.26 Å². The number of benzene rings is 1. The Morgan fingerprint density at radius 1 is 1.53 bits per heavy atom. The van der Waals surface area contributed by atoms with E-state index >= 15 is 0 Å². The molecule has 1 aromatic carbocycles. The van der Waals surface area contributed by atoms with Crippen molar-refractivity contribution in [3.8, 4) is 6.07 Å². The zero-order chi connectivity index (χ0) is 13.8.